The third-order valence-electron chi connectivity index (χ3n) is 5.16. The van der Waals surface area contributed by atoms with Crippen molar-refractivity contribution in [2.24, 2.45) is 13.0 Å². The van der Waals surface area contributed by atoms with Crippen molar-refractivity contribution >= 4 is 29.0 Å². The van der Waals surface area contributed by atoms with Crippen LogP contribution in [-0.2, 0) is 11.8 Å². The number of carbonyl (C=O) groups excluding carboxylic acids is 1. The van der Waals surface area contributed by atoms with E-state index in [1.807, 2.05) is 0 Å². The zero-order valence-corrected chi connectivity index (χ0v) is 14.9. The van der Waals surface area contributed by atoms with E-state index in [-0.39, 0.29) is 23.6 Å². The first-order chi connectivity index (χ1) is 12.0. The number of rotatable bonds is 3. The average Bonchev–Trinajstić information content (AvgIpc) is 3.45. The van der Waals surface area contributed by atoms with E-state index in [4.69, 9.17) is 17.0 Å². The fourth-order valence-corrected chi connectivity index (χ4v) is 3.66. The smallest absolute Gasteiger partial charge is 0.261 e. The van der Waals surface area contributed by atoms with Crippen LogP contribution in [0.4, 0.5) is 0 Å². The van der Waals surface area contributed by atoms with Crippen LogP contribution in [-0.4, -0.2) is 34.2 Å². The predicted octanol–water partition coefficient (Wildman–Crippen LogP) is 2.28. The Morgan fingerprint density at radius 3 is 2.92 bits per heavy atom. The largest absolute Gasteiger partial charge is 0.378 e. The lowest BCUT2D eigenvalue weighted by Gasteiger charge is -2.30. The Morgan fingerprint density at radius 1 is 1.36 bits per heavy atom. The molecule has 1 saturated carbocycles. The number of fused-ring (bicyclic) bond motifs is 1. The van der Waals surface area contributed by atoms with Crippen molar-refractivity contribution in [3.63, 3.8) is 0 Å². The summed E-state index contributed by atoms with van der Waals surface area (Å²) >= 11 is 5.14. The molecule has 0 bridgehead atoms. The highest BCUT2D eigenvalue weighted by molar-refractivity contribution is 7.71. The molecule has 1 aromatic carbocycles. The zero-order chi connectivity index (χ0) is 17.6. The monoisotopic (exact) mass is 359 g/mol. The molecule has 2 aromatic rings. The lowest BCUT2D eigenvalue weighted by molar-refractivity contribution is -0.0102. The topological polar surface area (TPSA) is 76.1 Å². The van der Waals surface area contributed by atoms with Crippen LogP contribution in [0.25, 0.3) is 10.9 Å². The molecule has 2 fully saturated rings. The summed E-state index contributed by atoms with van der Waals surface area (Å²) in [6.45, 7) is 0.701. The highest BCUT2D eigenvalue weighted by Gasteiger charge is 2.36. The number of amides is 1. The van der Waals surface area contributed by atoms with Gasteiger partial charge in [0, 0.05) is 25.3 Å². The van der Waals surface area contributed by atoms with Gasteiger partial charge in [-0.25, -0.2) is 0 Å². The number of ether oxygens (including phenoxy) is 1. The number of aromatic amines is 1. The van der Waals surface area contributed by atoms with Crippen LogP contribution in [0.5, 0.6) is 0 Å². The number of nitrogens with one attached hydrogen (secondary N) is 2. The number of carbonyl (C=O) groups is 1. The number of benzene rings is 1. The van der Waals surface area contributed by atoms with Crippen LogP contribution >= 0.6 is 12.2 Å². The molecular weight excluding hydrogens is 338 g/mol. The Bertz CT molecular complexity index is 945. The Hall–Kier alpha value is -1.99. The van der Waals surface area contributed by atoms with Gasteiger partial charge < -0.3 is 15.0 Å². The molecular formula is C18H21N3O3S. The quantitative estimate of drug-likeness (QED) is 0.825. The summed E-state index contributed by atoms with van der Waals surface area (Å²) in [4.78, 5) is 27.8. The minimum atomic E-state index is -0.164. The molecule has 0 spiro atoms. The molecule has 132 valence electrons. The van der Waals surface area contributed by atoms with E-state index in [1.54, 1.807) is 25.2 Å². The first-order valence-corrected chi connectivity index (χ1v) is 9.09. The number of nitrogens with zero attached hydrogens (tertiary/aromatic N) is 1. The maximum absolute atomic E-state index is 12.6. The molecule has 6 nitrogen and oxygen atoms in total. The maximum Gasteiger partial charge on any atom is 0.261 e. The van der Waals surface area contributed by atoms with Crippen molar-refractivity contribution in [1.82, 2.24) is 14.9 Å². The molecule has 25 heavy (non-hydrogen) atoms. The van der Waals surface area contributed by atoms with Crippen LogP contribution in [0.3, 0.4) is 0 Å². The average molecular weight is 359 g/mol. The molecule has 2 atom stereocenters. The standard InChI is InChI=1S/C18H21N3O3S/c1-21-17(23)13-5-4-11(8-14(13)20-18(21)25)16(22)19-12-6-7-24-15(9-12)10-2-3-10/h4-5,8,10,12,15H,2-3,6-7,9H2,1H3,(H,19,22)(H,20,25)/t12-,15+/m0/s1. The van der Waals surface area contributed by atoms with Gasteiger partial charge in [-0.1, -0.05) is 0 Å². The lowest BCUT2D eigenvalue weighted by Crippen LogP contribution is -2.42. The molecule has 0 radical (unpaired) electrons. The van der Waals surface area contributed by atoms with Crippen LogP contribution in [0.2, 0.25) is 0 Å². The molecule has 2 heterocycles. The van der Waals surface area contributed by atoms with E-state index >= 15 is 0 Å². The van der Waals surface area contributed by atoms with Crippen LogP contribution in [0, 0.1) is 10.7 Å². The molecule has 4 rings (SSSR count). The van der Waals surface area contributed by atoms with Gasteiger partial charge in [-0.05, 0) is 62.0 Å². The number of hydrogen-bond donors (Lipinski definition) is 2. The van der Waals surface area contributed by atoms with Crippen molar-refractivity contribution in [2.45, 2.75) is 37.8 Å². The van der Waals surface area contributed by atoms with Gasteiger partial charge in [0.2, 0.25) is 0 Å². The summed E-state index contributed by atoms with van der Waals surface area (Å²) in [7, 11) is 1.63. The van der Waals surface area contributed by atoms with E-state index in [1.165, 1.54) is 17.4 Å². The summed E-state index contributed by atoms with van der Waals surface area (Å²) in [6, 6.07) is 5.20. The second-order valence-corrected chi connectivity index (χ2v) is 7.38. The molecule has 1 saturated heterocycles. The van der Waals surface area contributed by atoms with E-state index in [9.17, 15) is 9.59 Å². The minimum Gasteiger partial charge on any atom is -0.378 e. The second kappa shape index (κ2) is 6.38. The fourth-order valence-electron chi connectivity index (χ4n) is 3.47. The van der Waals surface area contributed by atoms with Gasteiger partial charge in [0.25, 0.3) is 11.5 Å². The molecule has 1 aromatic heterocycles. The molecule has 2 aliphatic rings. The van der Waals surface area contributed by atoms with Crippen molar-refractivity contribution in [2.75, 3.05) is 6.61 Å². The first-order valence-electron chi connectivity index (χ1n) is 8.68. The van der Waals surface area contributed by atoms with Gasteiger partial charge in [-0.2, -0.15) is 0 Å². The second-order valence-electron chi connectivity index (χ2n) is 7.00. The van der Waals surface area contributed by atoms with Gasteiger partial charge in [0.05, 0.1) is 17.0 Å². The van der Waals surface area contributed by atoms with E-state index < -0.39 is 0 Å². The highest BCUT2D eigenvalue weighted by Crippen LogP contribution is 2.38. The van der Waals surface area contributed by atoms with Crippen LogP contribution < -0.4 is 10.9 Å². The van der Waals surface area contributed by atoms with E-state index in [2.05, 4.69) is 10.3 Å². The summed E-state index contributed by atoms with van der Waals surface area (Å²) < 4.78 is 7.54. The zero-order valence-electron chi connectivity index (χ0n) is 14.1. The van der Waals surface area contributed by atoms with E-state index in [0.29, 0.717) is 33.8 Å². The van der Waals surface area contributed by atoms with Crippen molar-refractivity contribution in [3.8, 4) is 0 Å². The van der Waals surface area contributed by atoms with Crippen molar-refractivity contribution in [1.29, 1.82) is 0 Å². The predicted molar refractivity (Wildman–Crippen MR) is 97.3 cm³/mol. The van der Waals surface area contributed by atoms with Gasteiger partial charge >= 0.3 is 0 Å². The van der Waals surface area contributed by atoms with Gasteiger partial charge in [-0.15, -0.1) is 0 Å². The molecule has 1 aliphatic carbocycles. The number of aromatic nitrogens is 2. The third-order valence-corrected chi connectivity index (χ3v) is 5.54. The minimum absolute atomic E-state index is 0.122. The van der Waals surface area contributed by atoms with Crippen LogP contribution in [0.1, 0.15) is 36.0 Å². The summed E-state index contributed by atoms with van der Waals surface area (Å²) in [5.41, 5.74) is 0.951. The van der Waals surface area contributed by atoms with E-state index in [0.717, 1.165) is 12.8 Å². The molecule has 0 unspecified atom stereocenters. The Kier molecular flexibility index (Phi) is 4.21. The SMILES string of the molecule is Cn1c(=S)[nH]c2cc(C(=O)N[C@H]3CCO[C@@H](C4CC4)C3)ccc2c1=O. The molecule has 1 amide bonds. The Labute approximate surface area is 150 Å². The maximum atomic E-state index is 12.6. The molecule has 1 aliphatic heterocycles. The molecule has 7 heteroatoms. The molecule has 2 N–H and O–H groups in total. The van der Waals surface area contributed by atoms with Crippen LogP contribution in [0.15, 0.2) is 23.0 Å². The van der Waals surface area contributed by atoms with Gasteiger partial charge in [0.15, 0.2) is 4.77 Å². The van der Waals surface area contributed by atoms with Crippen molar-refractivity contribution < 1.29 is 9.53 Å². The first kappa shape index (κ1) is 16.5. The summed E-state index contributed by atoms with van der Waals surface area (Å²) in [5, 5.41) is 3.63. The van der Waals surface area contributed by atoms with Gasteiger partial charge in [0.1, 0.15) is 0 Å². The normalized spacial score (nSPS) is 23.6. The van der Waals surface area contributed by atoms with Crippen molar-refractivity contribution in [3.05, 3.63) is 38.9 Å². The summed E-state index contributed by atoms with van der Waals surface area (Å²) in [5.74, 6) is 0.556. The lowest BCUT2D eigenvalue weighted by atomic mass is 9.99. The Balaban J connectivity index is 1.54. The summed E-state index contributed by atoms with van der Waals surface area (Å²) in [6.07, 6.45) is 4.49. The Morgan fingerprint density at radius 2 is 2.16 bits per heavy atom. The third kappa shape index (κ3) is 3.26. The number of H-pyrrole nitrogens is 1. The highest BCUT2D eigenvalue weighted by atomic mass is 32.1. The number of hydrogen-bond acceptors (Lipinski definition) is 4. The van der Waals surface area contributed by atoms with Gasteiger partial charge in [-0.3, -0.25) is 14.2 Å². The fraction of sp³-hybridized carbons (Fsp3) is 0.500.